The first kappa shape index (κ1) is 13.6. The van der Waals surface area contributed by atoms with E-state index in [0.29, 0.717) is 0 Å². The first-order chi connectivity index (χ1) is 7.32. The Morgan fingerprint density at radius 1 is 1.25 bits per heavy atom. The largest absolute Gasteiger partial charge is 0.598 e. The Balaban J connectivity index is 2.73. The Labute approximate surface area is 102 Å². The molecule has 1 aromatic rings. The van der Waals surface area contributed by atoms with Gasteiger partial charge in [0.05, 0.1) is 6.04 Å². The predicted molar refractivity (Wildman–Crippen MR) is 70.6 cm³/mol. The van der Waals surface area contributed by atoms with Crippen molar-refractivity contribution in [2.45, 2.75) is 45.4 Å². The highest BCUT2D eigenvalue weighted by molar-refractivity contribution is 7.90. The van der Waals surface area contributed by atoms with Gasteiger partial charge in [-0.1, -0.05) is 24.3 Å². The Kier molecular flexibility index (Phi) is 4.42. The summed E-state index contributed by atoms with van der Waals surface area (Å²) in [6.07, 6.45) is 0. The summed E-state index contributed by atoms with van der Waals surface area (Å²) in [5.41, 5.74) is 2.44. The lowest BCUT2D eigenvalue weighted by molar-refractivity contribution is 0.531. The molecule has 0 heterocycles. The standard InChI is InChI=1S/C13H21NOS/c1-10-8-6-7-9-12(10)11(2)14-16(15)13(3,4)5/h6-9,11,14H,1-5H3/t11-,16?/m0/s1. The van der Waals surface area contributed by atoms with Crippen LogP contribution in [0.3, 0.4) is 0 Å². The van der Waals surface area contributed by atoms with Gasteiger partial charge in [-0.2, -0.15) is 0 Å². The Hall–Kier alpha value is -0.510. The molecule has 1 unspecified atom stereocenters. The van der Waals surface area contributed by atoms with Crippen molar-refractivity contribution in [2.24, 2.45) is 0 Å². The molecule has 3 heteroatoms. The van der Waals surface area contributed by atoms with Gasteiger partial charge in [-0.15, -0.1) is 4.72 Å². The van der Waals surface area contributed by atoms with E-state index in [0.717, 1.165) is 0 Å². The van der Waals surface area contributed by atoms with Crippen LogP contribution in [0.1, 0.15) is 44.9 Å². The quantitative estimate of drug-likeness (QED) is 0.823. The van der Waals surface area contributed by atoms with Gasteiger partial charge in [-0.25, -0.2) is 0 Å². The van der Waals surface area contributed by atoms with Crippen LogP contribution in [0.15, 0.2) is 24.3 Å². The Morgan fingerprint density at radius 3 is 2.31 bits per heavy atom. The molecule has 2 atom stereocenters. The van der Waals surface area contributed by atoms with E-state index in [4.69, 9.17) is 0 Å². The third-order valence-electron chi connectivity index (χ3n) is 2.49. The maximum atomic E-state index is 12.0. The minimum Gasteiger partial charge on any atom is -0.598 e. The monoisotopic (exact) mass is 239 g/mol. The van der Waals surface area contributed by atoms with Crippen LogP contribution >= 0.6 is 0 Å². The van der Waals surface area contributed by atoms with Crippen molar-refractivity contribution in [3.8, 4) is 0 Å². The van der Waals surface area contributed by atoms with Gasteiger partial charge in [0, 0.05) is 11.4 Å². The zero-order valence-electron chi connectivity index (χ0n) is 10.7. The van der Waals surface area contributed by atoms with Crippen molar-refractivity contribution in [3.63, 3.8) is 0 Å². The van der Waals surface area contributed by atoms with Gasteiger partial charge < -0.3 is 4.55 Å². The van der Waals surface area contributed by atoms with Gasteiger partial charge in [0.1, 0.15) is 4.75 Å². The van der Waals surface area contributed by atoms with Crippen LogP contribution in [-0.2, 0) is 11.4 Å². The topological polar surface area (TPSA) is 35.1 Å². The number of nitrogens with one attached hydrogen (secondary N) is 1. The molecule has 0 fully saturated rings. The highest BCUT2D eigenvalue weighted by Crippen LogP contribution is 2.21. The van der Waals surface area contributed by atoms with E-state index in [1.54, 1.807) is 0 Å². The van der Waals surface area contributed by atoms with E-state index in [9.17, 15) is 4.55 Å². The summed E-state index contributed by atoms with van der Waals surface area (Å²) in [5.74, 6) is 0. The highest BCUT2D eigenvalue weighted by atomic mass is 32.2. The summed E-state index contributed by atoms with van der Waals surface area (Å²) in [6.45, 7) is 10.0. The summed E-state index contributed by atoms with van der Waals surface area (Å²) in [5, 5.41) is 0. The maximum Gasteiger partial charge on any atom is 0.136 e. The van der Waals surface area contributed by atoms with Crippen molar-refractivity contribution in [3.05, 3.63) is 35.4 Å². The summed E-state index contributed by atoms with van der Waals surface area (Å²) in [7, 11) is 0. The number of hydrogen-bond acceptors (Lipinski definition) is 2. The normalized spacial score (nSPS) is 15.9. The lowest BCUT2D eigenvalue weighted by Gasteiger charge is -2.27. The van der Waals surface area contributed by atoms with E-state index < -0.39 is 11.4 Å². The van der Waals surface area contributed by atoms with Crippen LogP contribution in [0, 0.1) is 6.92 Å². The summed E-state index contributed by atoms with van der Waals surface area (Å²) >= 11 is -1.03. The molecule has 0 bridgehead atoms. The van der Waals surface area contributed by atoms with E-state index in [1.807, 2.05) is 39.8 Å². The van der Waals surface area contributed by atoms with Crippen LogP contribution in [0.2, 0.25) is 0 Å². The fourth-order valence-corrected chi connectivity index (χ4v) is 2.28. The second-order valence-electron chi connectivity index (χ2n) is 5.08. The number of hydrogen-bond donors (Lipinski definition) is 1. The molecule has 0 saturated carbocycles. The van der Waals surface area contributed by atoms with Crippen LogP contribution < -0.4 is 4.72 Å². The SMILES string of the molecule is Cc1ccccc1[C@H](C)N[S+]([O-])C(C)(C)C. The first-order valence-electron chi connectivity index (χ1n) is 5.56. The molecule has 90 valence electrons. The van der Waals surface area contributed by atoms with E-state index >= 15 is 0 Å². The third kappa shape index (κ3) is 3.51. The van der Waals surface area contributed by atoms with Gasteiger partial charge in [-0.3, -0.25) is 0 Å². The molecule has 0 aliphatic carbocycles. The lowest BCUT2D eigenvalue weighted by atomic mass is 10.0. The smallest absolute Gasteiger partial charge is 0.136 e. The van der Waals surface area contributed by atoms with Crippen molar-refractivity contribution in [1.82, 2.24) is 4.72 Å². The van der Waals surface area contributed by atoms with E-state index in [-0.39, 0.29) is 10.8 Å². The molecule has 0 aliphatic rings. The molecule has 1 rings (SSSR count). The van der Waals surface area contributed by atoms with Crippen molar-refractivity contribution >= 4 is 11.4 Å². The zero-order chi connectivity index (χ0) is 12.3. The molecule has 2 nitrogen and oxygen atoms in total. The van der Waals surface area contributed by atoms with Gasteiger partial charge in [0.15, 0.2) is 0 Å². The van der Waals surface area contributed by atoms with Crippen molar-refractivity contribution < 1.29 is 4.55 Å². The Bertz CT molecular complexity index is 346. The first-order valence-corrected chi connectivity index (χ1v) is 6.71. The molecule has 0 spiro atoms. The van der Waals surface area contributed by atoms with Crippen molar-refractivity contribution in [2.75, 3.05) is 0 Å². The molecule has 0 amide bonds. The van der Waals surface area contributed by atoms with Gasteiger partial charge in [0.25, 0.3) is 0 Å². The second-order valence-corrected chi connectivity index (χ2v) is 7.08. The highest BCUT2D eigenvalue weighted by Gasteiger charge is 2.28. The summed E-state index contributed by atoms with van der Waals surface area (Å²) in [6, 6.07) is 8.30. The fraction of sp³-hybridized carbons (Fsp3) is 0.538. The maximum absolute atomic E-state index is 12.0. The fourth-order valence-electron chi connectivity index (χ4n) is 1.47. The third-order valence-corrected chi connectivity index (χ3v) is 4.17. The molecule has 0 radical (unpaired) electrons. The molecule has 0 aliphatic heterocycles. The second kappa shape index (κ2) is 5.21. The van der Waals surface area contributed by atoms with Gasteiger partial charge in [0.2, 0.25) is 0 Å². The minimum atomic E-state index is -1.03. The van der Waals surface area contributed by atoms with Gasteiger partial charge >= 0.3 is 0 Å². The van der Waals surface area contributed by atoms with Gasteiger partial charge in [-0.05, 0) is 45.7 Å². The average Bonchev–Trinajstić information content (AvgIpc) is 2.16. The Morgan fingerprint density at radius 2 is 1.81 bits per heavy atom. The molecular weight excluding hydrogens is 218 g/mol. The lowest BCUT2D eigenvalue weighted by Crippen LogP contribution is -2.40. The molecule has 16 heavy (non-hydrogen) atoms. The van der Waals surface area contributed by atoms with Crippen LogP contribution in [0.5, 0.6) is 0 Å². The number of rotatable bonds is 3. The zero-order valence-corrected chi connectivity index (χ0v) is 11.5. The summed E-state index contributed by atoms with van der Waals surface area (Å²) < 4.78 is 14.9. The van der Waals surface area contributed by atoms with Crippen LogP contribution in [0.25, 0.3) is 0 Å². The van der Waals surface area contributed by atoms with Crippen molar-refractivity contribution in [1.29, 1.82) is 0 Å². The molecule has 0 saturated heterocycles. The number of benzene rings is 1. The average molecular weight is 239 g/mol. The molecular formula is C13H21NOS. The van der Waals surface area contributed by atoms with Crippen LogP contribution in [-0.4, -0.2) is 9.30 Å². The predicted octanol–water partition coefficient (Wildman–Crippen LogP) is 3.11. The minimum absolute atomic E-state index is 0.112. The molecule has 0 aromatic heterocycles. The van der Waals surface area contributed by atoms with Crippen LogP contribution in [0.4, 0.5) is 0 Å². The van der Waals surface area contributed by atoms with E-state index in [1.165, 1.54) is 11.1 Å². The molecule has 1 aromatic carbocycles. The number of aryl methyl sites for hydroxylation is 1. The molecule has 1 N–H and O–H groups in total. The van der Waals surface area contributed by atoms with E-state index in [2.05, 4.69) is 23.8 Å². The summed E-state index contributed by atoms with van der Waals surface area (Å²) in [4.78, 5) is 0.